The zero-order chi connectivity index (χ0) is 26.2. The number of rotatable bonds is 26. The Bertz CT molecular complexity index is 548. The Balaban J connectivity index is 1.96. The van der Waals surface area contributed by atoms with E-state index >= 15 is 0 Å². The van der Waals surface area contributed by atoms with Gasteiger partial charge in [-0.3, -0.25) is 9.28 Å². The van der Waals surface area contributed by atoms with Crippen molar-refractivity contribution in [2.75, 3.05) is 33.3 Å². The highest BCUT2D eigenvalue weighted by Crippen LogP contribution is 2.18. The largest absolute Gasteiger partial charge is 0.460 e. The third kappa shape index (κ3) is 17.5. The van der Waals surface area contributed by atoms with Crippen LogP contribution in [0.4, 0.5) is 0 Å². The minimum Gasteiger partial charge on any atom is -0.460 e. The lowest BCUT2D eigenvalue weighted by molar-refractivity contribution is -0.815. The first-order valence-corrected chi connectivity index (χ1v) is 16.2. The Morgan fingerprint density at radius 2 is 1.14 bits per heavy atom. The van der Waals surface area contributed by atoms with E-state index in [2.05, 4.69) is 20.9 Å². The maximum atomic E-state index is 12.2. The molecule has 0 N–H and O–H groups in total. The Kier molecular flexibility index (Phi) is 21.4. The summed E-state index contributed by atoms with van der Waals surface area (Å²) in [5.74, 6) is 1.32. The van der Waals surface area contributed by atoms with Crippen LogP contribution in [0.5, 0.6) is 0 Å². The number of unbranched alkanes of at least 4 members (excludes halogenated alkanes) is 19. The summed E-state index contributed by atoms with van der Waals surface area (Å²) in [7, 11) is 2.27. The summed E-state index contributed by atoms with van der Waals surface area (Å²) in [4.78, 5) is 17.0. The molecular formula is C32H63N2O2+. The van der Waals surface area contributed by atoms with Crippen molar-refractivity contribution in [3.63, 3.8) is 0 Å². The van der Waals surface area contributed by atoms with E-state index < -0.39 is 0 Å². The number of hydrogen-bond acceptors (Lipinski definition) is 3. The van der Waals surface area contributed by atoms with E-state index in [0.717, 1.165) is 43.4 Å². The van der Waals surface area contributed by atoms with Crippen LogP contribution in [0.2, 0.25) is 0 Å². The first-order valence-electron chi connectivity index (χ1n) is 16.2. The van der Waals surface area contributed by atoms with Crippen molar-refractivity contribution in [3.05, 3.63) is 0 Å². The quantitative estimate of drug-likeness (QED) is 0.0664. The van der Waals surface area contributed by atoms with E-state index in [1.54, 1.807) is 0 Å². The van der Waals surface area contributed by atoms with Gasteiger partial charge in [0.2, 0.25) is 0 Å². The van der Waals surface area contributed by atoms with Crippen LogP contribution in [0.15, 0.2) is 4.99 Å². The number of quaternary nitrogens is 1. The molecule has 0 saturated carbocycles. The summed E-state index contributed by atoms with van der Waals surface area (Å²) in [6, 6.07) is 0. The van der Waals surface area contributed by atoms with Crippen LogP contribution in [0, 0.1) is 0 Å². The van der Waals surface area contributed by atoms with E-state index in [9.17, 15) is 4.79 Å². The average Bonchev–Trinajstić information content (AvgIpc) is 3.23. The second kappa shape index (κ2) is 23.2. The molecule has 0 fully saturated rings. The summed E-state index contributed by atoms with van der Waals surface area (Å²) in [6.45, 7) is 7.95. The van der Waals surface area contributed by atoms with Crippen LogP contribution < -0.4 is 0 Å². The molecule has 4 heteroatoms. The standard InChI is InChI=1S/C32H63N2O2/c1-4-6-8-10-12-14-15-16-17-18-20-22-24-26-32(35)36-30-29-34(3)28-27-33-31(34)25-23-21-19-13-11-9-7-5-2/h4-30H2,1-3H3/q+1. The van der Waals surface area contributed by atoms with Gasteiger partial charge in [0.05, 0.1) is 13.6 Å². The zero-order valence-corrected chi connectivity index (χ0v) is 24.8. The van der Waals surface area contributed by atoms with E-state index in [0.29, 0.717) is 13.0 Å². The smallest absolute Gasteiger partial charge is 0.305 e. The normalized spacial score (nSPS) is 17.5. The number of esters is 1. The van der Waals surface area contributed by atoms with Gasteiger partial charge >= 0.3 is 5.97 Å². The number of hydrogen-bond donors (Lipinski definition) is 0. The molecule has 0 aromatic heterocycles. The van der Waals surface area contributed by atoms with Crippen molar-refractivity contribution in [3.8, 4) is 0 Å². The molecule has 1 aliphatic rings. The number of carbonyl (C=O) groups is 1. The van der Waals surface area contributed by atoms with Gasteiger partial charge in [-0.25, -0.2) is 4.99 Å². The molecule has 1 unspecified atom stereocenters. The Labute approximate surface area is 225 Å². The van der Waals surface area contributed by atoms with Crippen molar-refractivity contribution in [1.29, 1.82) is 0 Å². The van der Waals surface area contributed by atoms with Gasteiger partial charge in [-0.05, 0) is 12.8 Å². The fourth-order valence-electron chi connectivity index (χ4n) is 5.43. The summed E-state index contributed by atoms with van der Waals surface area (Å²) in [5.41, 5.74) is 0. The molecule has 1 heterocycles. The number of nitrogens with zero attached hydrogens (tertiary/aromatic N) is 2. The number of aliphatic imine (C=N–C) groups is 1. The first kappa shape index (κ1) is 33.1. The van der Waals surface area contributed by atoms with Gasteiger partial charge < -0.3 is 4.74 Å². The van der Waals surface area contributed by atoms with Gasteiger partial charge in [0.25, 0.3) is 0 Å². The lowest BCUT2D eigenvalue weighted by Crippen LogP contribution is -2.49. The van der Waals surface area contributed by atoms with Crippen LogP contribution in [-0.2, 0) is 9.53 Å². The van der Waals surface area contributed by atoms with Crippen molar-refractivity contribution in [1.82, 2.24) is 0 Å². The molecule has 0 saturated heterocycles. The Morgan fingerprint density at radius 1 is 0.694 bits per heavy atom. The summed E-state index contributed by atoms with van der Waals surface area (Å²) in [6.07, 6.45) is 29.8. The molecule has 0 bridgehead atoms. The fraction of sp³-hybridized carbons (Fsp3) is 0.938. The Morgan fingerprint density at radius 3 is 1.64 bits per heavy atom. The van der Waals surface area contributed by atoms with Crippen LogP contribution in [-0.4, -0.2) is 49.6 Å². The van der Waals surface area contributed by atoms with Crippen LogP contribution in [0.3, 0.4) is 0 Å². The summed E-state index contributed by atoms with van der Waals surface area (Å²) < 4.78 is 6.48. The number of carbonyl (C=O) groups excluding carboxylic acids is 1. The number of likely N-dealkylation sites (N-methyl/N-ethyl adjacent to an activating group) is 1. The highest BCUT2D eigenvalue weighted by Gasteiger charge is 2.33. The zero-order valence-electron chi connectivity index (χ0n) is 24.8. The summed E-state index contributed by atoms with van der Waals surface area (Å²) >= 11 is 0. The predicted molar refractivity (Wildman–Crippen MR) is 157 cm³/mol. The number of ether oxygens (including phenoxy) is 1. The first-order chi connectivity index (χ1) is 17.6. The van der Waals surface area contributed by atoms with Gasteiger partial charge in [-0.15, -0.1) is 0 Å². The molecule has 0 amide bonds. The predicted octanol–water partition coefficient (Wildman–Crippen LogP) is 9.40. The SMILES string of the molecule is CCCCCCCCCCCCCCCC(=O)OCC[N+]1(C)CCN=C1CCCCCCCCCC. The number of amidine groups is 1. The van der Waals surface area contributed by atoms with Crippen molar-refractivity contribution in [2.45, 2.75) is 162 Å². The third-order valence-corrected chi connectivity index (χ3v) is 8.10. The van der Waals surface area contributed by atoms with Gasteiger partial charge in [0, 0.05) is 12.8 Å². The average molecular weight is 508 g/mol. The summed E-state index contributed by atoms with van der Waals surface area (Å²) in [5, 5.41) is 0. The van der Waals surface area contributed by atoms with Crippen LogP contribution in [0.1, 0.15) is 162 Å². The molecule has 0 aromatic carbocycles. The van der Waals surface area contributed by atoms with E-state index in [-0.39, 0.29) is 5.97 Å². The molecule has 1 rings (SSSR count). The third-order valence-electron chi connectivity index (χ3n) is 8.10. The van der Waals surface area contributed by atoms with Crippen molar-refractivity contribution >= 4 is 11.8 Å². The Hall–Kier alpha value is -0.900. The molecule has 4 nitrogen and oxygen atoms in total. The fourth-order valence-corrected chi connectivity index (χ4v) is 5.43. The second-order valence-corrected chi connectivity index (χ2v) is 11.6. The van der Waals surface area contributed by atoms with Crippen LogP contribution in [0.25, 0.3) is 0 Å². The molecule has 0 aliphatic carbocycles. The van der Waals surface area contributed by atoms with Gasteiger partial charge in [-0.2, -0.15) is 0 Å². The monoisotopic (exact) mass is 507 g/mol. The maximum Gasteiger partial charge on any atom is 0.305 e. The highest BCUT2D eigenvalue weighted by atomic mass is 16.5. The van der Waals surface area contributed by atoms with Crippen molar-refractivity contribution < 1.29 is 14.0 Å². The molecule has 0 radical (unpaired) electrons. The van der Waals surface area contributed by atoms with Crippen LogP contribution >= 0.6 is 0 Å². The molecule has 0 spiro atoms. The molecule has 212 valence electrons. The van der Waals surface area contributed by atoms with E-state index in [1.807, 2.05) is 0 Å². The van der Waals surface area contributed by atoms with Gasteiger partial charge in [0.1, 0.15) is 19.7 Å². The molecule has 0 aromatic rings. The molecule has 1 atom stereocenters. The van der Waals surface area contributed by atoms with Crippen molar-refractivity contribution in [2.24, 2.45) is 4.99 Å². The molecule has 1 aliphatic heterocycles. The highest BCUT2D eigenvalue weighted by molar-refractivity contribution is 5.76. The second-order valence-electron chi connectivity index (χ2n) is 11.6. The molecule has 36 heavy (non-hydrogen) atoms. The van der Waals surface area contributed by atoms with E-state index in [1.165, 1.54) is 128 Å². The van der Waals surface area contributed by atoms with E-state index in [4.69, 9.17) is 9.73 Å². The molecular weight excluding hydrogens is 444 g/mol. The maximum absolute atomic E-state index is 12.2. The minimum atomic E-state index is -0.00886. The topological polar surface area (TPSA) is 38.7 Å². The lowest BCUT2D eigenvalue weighted by atomic mass is 10.0. The lowest BCUT2D eigenvalue weighted by Gasteiger charge is -2.30. The minimum absolute atomic E-state index is 0.00886. The van der Waals surface area contributed by atoms with Gasteiger partial charge in [-0.1, -0.05) is 136 Å². The van der Waals surface area contributed by atoms with Gasteiger partial charge in [0.15, 0.2) is 5.84 Å².